The van der Waals surface area contributed by atoms with E-state index in [4.69, 9.17) is 0 Å². The summed E-state index contributed by atoms with van der Waals surface area (Å²) >= 11 is 0. The molecular formula is C19H34N6O. The van der Waals surface area contributed by atoms with Crippen LogP contribution in [0.3, 0.4) is 0 Å². The zero-order valence-corrected chi connectivity index (χ0v) is 16.7. The van der Waals surface area contributed by atoms with Crippen LogP contribution in [0.4, 0.5) is 0 Å². The van der Waals surface area contributed by atoms with Crippen LogP contribution in [-0.4, -0.2) is 81.7 Å². The Hall–Kier alpha value is -1.47. The van der Waals surface area contributed by atoms with Crippen LogP contribution in [0.1, 0.15) is 56.6 Å². The quantitative estimate of drug-likeness (QED) is 0.767. The summed E-state index contributed by atoms with van der Waals surface area (Å²) in [6, 6.07) is 0. The molecule has 2 fully saturated rings. The van der Waals surface area contributed by atoms with E-state index in [-0.39, 0.29) is 0 Å². The van der Waals surface area contributed by atoms with Crippen LogP contribution >= 0.6 is 0 Å². The maximum Gasteiger partial charge on any atom is 0.222 e. The van der Waals surface area contributed by atoms with Crippen LogP contribution in [0, 0.1) is 0 Å². The van der Waals surface area contributed by atoms with Crippen molar-refractivity contribution < 1.29 is 4.79 Å². The van der Waals surface area contributed by atoms with E-state index in [1.165, 1.54) is 0 Å². The predicted octanol–water partition coefficient (Wildman–Crippen LogP) is 1.46. The summed E-state index contributed by atoms with van der Waals surface area (Å²) in [5.41, 5.74) is 0. The molecule has 3 rings (SSSR count). The van der Waals surface area contributed by atoms with E-state index in [9.17, 15) is 4.79 Å². The molecule has 0 saturated carbocycles. The number of carbonyl (C=O) groups excluding carboxylic acids is 1. The van der Waals surface area contributed by atoms with Gasteiger partial charge in [-0.2, -0.15) is 0 Å². The molecule has 1 aromatic heterocycles. The number of likely N-dealkylation sites (N-methyl/N-ethyl adjacent to an activating group) is 1. The van der Waals surface area contributed by atoms with Gasteiger partial charge in [-0.15, -0.1) is 10.2 Å². The molecule has 2 aliphatic heterocycles. The fourth-order valence-electron chi connectivity index (χ4n) is 3.95. The van der Waals surface area contributed by atoms with Gasteiger partial charge in [-0.1, -0.05) is 13.3 Å². The summed E-state index contributed by atoms with van der Waals surface area (Å²) < 4.78 is 2.19. The number of hydrogen-bond acceptors (Lipinski definition) is 5. The number of amides is 1. The summed E-state index contributed by atoms with van der Waals surface area (Å²) in [5.74, 6) is 2.89. The van der Waals surface area contributed by atoms with Gasteiger partial charge in [0.15, 0.2) is 0 Å². The molecule has 2 aliphatic rings. The maximum atomic E-state index is 12.2. The third kappa shape index (κ3) is 4.62. The van der Waals surface area contributed by atoms with Crippen molar-refractivity contribution in [2.24, 2.45) is 7.05 Å². The molecule has 1 aromatic rings. The number of aromatic nitrogens is 3. The van der Waals surface area contributed by atoms with Crippen molar-refractivity contribution in [2.75, 3.05) is 46.3 Å². The highest BCUT2D eigenvalue weighted by Crippen LogP contribution is 2.27. The first-order valence-corrected chi connectivity index (χ1v) is 10.1. The molecule has 0 atom stereocenters. The second-order valence-electron chi connectivity index (χ2n) is 7.87. The number of likely N-dealkylation sites (tertiary alicyclic amines) is 1. The number of carbonyl (C=O) groups is 1. The number of rotatable bonds is 6. The van der Waals surface area contributed by atoms with E-state index in [2.05, 4.69) is 45.6 Å². The van der Waals surface area contributed by atoms with E-state index in [0.29, 0.717) is 18.2 Å². The summed E-state index contributed by atoms with van der Waals surface area (Å²) in [4.78, 5) is 19.1. The lowest BCUT2D eigenvalue weighted by atomic mass is 9.95. The van der Waals surface area contributed by atoms with Gasteiger partial charge in [0.05, 0.1) is 6.54 Å². The first kappa shape index (κ1) is 19.3. The molecule has 7 heteroatoms. The fourth-order valence-corrected chi connectivity index (χ4v) is 3.95. The molecule has 3 heterocycles. The van der Waals surface area contributed by atoms with Crippen molar-refractivity contribution in [3.63, 3.8) is 0 Å². The highest BCUT2D eigenvalue weighted by atomic mass is 16.2. The van der Waals surface area contributed by atoms with Crippen molar-refractivity contribution in [3.8, 4) is 0 Å². The number of hydrogen-bond donors (Lipinski definition) is 0. The minimum atomic E-state index is 0.319. The van der Waals surface area contributed by atoms with Crippen molar-refractivity contribution in [1.29, 1.82) is 0 Å². The summed E-state index contributed by atoms with van der Waals surface area (Å²) in [6.07, 6.45) is 4.77. The molecule has 0 N–H and O–H groups in total. The Morgan fingerprint density at radius 1 is 1.04 bits per heavy atom. The van der Waals surface area contributed by atoms with Crippen LogP contribution in [0.5, 0.6) is 0 Å². The topological polar surface area (TPSA) is 57.5 Å². The summed E-state index contributed by atoms with van der Waals surface area (Å²) in [6.45, 7) is 9.15. The average Bonchev–Trinajstić information content (AvgIpc) is 3.02. The first-order valence-electron chi connectivity index (χ1n) is 10.1. The zero-order chi connectivity index (χ0) is 18.5. The number of unbranched alkanes of at least 4 members (excludes halogenated alkanes) is 1. The van der Waals surface area contributed by atoms with Crippen LogP contribution < -0.4 is 0 Å². The van der Waals surface area contributed by atoms with E-state index >= 15 is 0 Å². The number of piperidine rings is 1. The Morgan fingerprint density at radius 2 is 1.73 bits per heavy atom. The third-order valence-corrected chi connectivity index (χ3v) is 5.92. The van der Waals surface area contributed by atoms with Gasteiger partial charge in [-0.25, -0.2) is 0 Å². The fraction of sp³-hybridized carbons (Fsp3) is 0.842. The summed E-state index contributed by atoms with van der Waals surface area (Å²) in [5, 5.41) is 8.99. The molecule has 0 aromatic carbocycles. The molecule has 146 valence electrons. The second kappa shape index (κ2) is 8.95. The van der Waals surface area contributed by atoms with Gasteiger partial charge in [-0.05, 0) is 26.3 Å². The lowest BCUT2D eigenvalue weighted by Gasteiger charge is -2.32. The van der Waals surface area contributed by atoms with E-state index in [1.807, 2.05) is 4.90 Å². The minimum absolute atomic E-state index is 0.319. The second-order valence-corrected chi connectivity index (χ2v) is 7.87. The maximum absolute atomic E-state index is 12.2. The van der Waals surface area contributed by atoms with Crippen molar-refractivity contribution in [3.05, 3.63) is 11.6 Å². The number of piperazine rings is 1. The third-order valence-electron chi connectivity index (χ3n) is 5.92. The molecule has 0 aliphatic carbocycles. The monoisotopic (exact) mass is 362 g/mol. The Morgan fingerprint density at radius 3 is 2.38 bits per heavy atom. The van der Waals surface area contributed by atoms with Crippen LogP contribution in [0.25, 0.3) is 0 Å². The normalized spacial score (nSPS) is 20.7. The van der Waals surface area contributed by atoms with Crippen molar-refractivity contribution in [2.45, 2.75) is 51.5 Å². The largest absolute Gasteiger partial charge is 0.343 e. The van der Waals surface area contributed by atoms with Crippen molar-refractivity contribution in [1.82, 2.24) is 29.5 Å². The predicted molar refractivity (Wildman–Crippen MR) is 102 cm³/mol. The first-order chi connectivity index (χ1) is 12.6. The van der Waals surface area contributed by atoms with Gasteiger partial charge in [0.25, 0.3) is 0 Å². The van der Waals surface area contributed by atoms with Crippen LogP contribution in [0.2, 0.25) is 0 Å². The van der Waals surface area contributed by atoms with Gasteiger partial charge in [0.1, 0.15) is 11.6 Å². The molecule has 26 heavy (non-hydrogen) atoms. The molecule has 2 saturated heterocycles. The minimum Gasteiger partial charge on any atom is -0.343 e. The van der Waals surface area contributed by atoms with Crippen LogP contribution in [-0.2, 0) is 18.4 Å². The van der Waals surface area contributed by atoms with Gasteiger partial charge >= 0.3 is 0 Å². The molecule has 0 unspecified atom stereocenters. The highest BCUT2D eigenvalue weighted by Gasteiger charge is 2.27. The molecule has 0 radical (unpaired) electrons. The smallest absolute Gasteiger partial charge is 0.222 e. The molecule has 7 nitrogen and oxygen atoms in total. The standard InChI is InChI=1S/C19H34N6O/c1-4-5-6-18(26)25-9-7-16(8-10-25)19-21-20-17(23(19)3)15-24-13-11-22(2)12-14-24/h16H,4-15H2,1-3H3. The Kier molecular flexibility index (Phi) is 6.64. The molecular weight excluding hydrogens is 328 g/mol. The molecule has 0 spiro atoms. The Labute approximate surface area is 157 Å². The van der Waals surface area contributed by atoms with Gasteiger partial charge < -0.3 is 14.4 Å². The average molecular weight is 363 g/mol. The van der Waals surface area contributed by atoms with Gasteiger partial charge in [0.2, 0.25) is 5.91 Å². The zero-order valence-electron chi connectivity index (χ0n) is 16.7. The van der Waals surface area contributed by atoms with E-state index in [1.54, 1.807) is 0 Å². The lowest BCUT2D eigenvalue weighted by Crippen LogP contribution is -2.44. The SMILES string of the molecule is CCCCC(=O)N1CCC(c2nnc(CN3CCN(C)CC3)n2C)CC1. The number of nitrogens with zero attached hydrogens (tertiary/aromatic N) is 6. The summed E-state index contributed by atoms with van der Waals surface area (Å²) in [7, 11) is 4.27. The van der Waals surface area contributed by atoms with Gasteiger partial charge in [-0.3, -0.25) is 9.69 Å². The molecule has 1 amide bonds. The van der Waals surface area contributed by atoms with Crippen LogP contribution in [0.15, 0.2) is 0 Å². The Bertz CT molecular complexity index is 585. The van der Waals surface area contributed by atoms with E-state index in [0.717, 1.165) is 83.1 Å². The Balaban J connectivity index is 1.53. The van der Waals surface area contributed by atoms with Gasteiger partial charge in [0, 0.05) is 58.7 Å². The highest BCUT2D eigenvalue weighted by molar-refractivity contribution is 5.76. The van der Waals surface area contributed by atoms with E-state index < -0.39 is 0 Å². The lowest BCUT2D eigenvalue weighted by molar-refractivity contribution is -0.132. The van der Waals surface area contributed by atoms with Crippen molar-refractivity contribution >= 4 is 5.91 Å². The molecule has 0 bridgehead atoms.